The number of halogens is 2. The summed E-state index contributed by atoms with van der Waals surface area (Å²) in [5.41, 5.74) is 1.50. The van der Waals surface area contributed by atoms with Gasteiger partial charge in [-0.15, -0.1) is 3.89 Å². The topological polar surface area (TPSA) is 43.4 Å². The quantitative estimate of drug-likeness (QED) is 0.749. The molecule has 3 nitrogen and oxygen atoms in total. The van der Waals surface area contributed by atoms with Crippen molar-refractivity contribution in [3.63, 3.8) is 0 Å². The molecule has 1 aliphatic rings. The first-order valence-corrected chi connectivity index (χ1v) is 6.64. The van der Waals surface area contributed by atoms with E-state index in [0.717, 1.165) is 10.0 Å². The largest absolute Gasteiger partial charge is 0.486 e. The van der Waals surface area contributed by atoms with Gasteiger partial charge in [0.25, 0.3) is 0 Å². The summed E-state index contributed by atoms with van der Waals surface area (Å²) >= 11 is 3.31. The summed E-state index contributed by atoms with van der Waals surface area (Å²) in [7, 11) is -4.67. The van der Waals surface area contributed by atoms with Crippen molar-refractivity contribution in [3.8, 4) is 5.75 Å². The Bertz CT molecular complexity index is 578. The number of rotatable bonds is 1. The van der Waals surface area contributed by atoms with Crippen LogP contribution >= 0.6 is 15.9 Å². The Balaban J connectivity index is 2.60. The van der Waals surface area contributed by atoms with E-state index in [1.54, 1.807) is 6.07 Å². The Kier molecular flexibility index (Phi) is 2.79. The highest BCUT2D eigenvalue weighted by atomic mass is 79.9. The number of ether oxygens (including phenoxy) is 1. The number of benzene rings is 1. The van der Waals surface area contributed by atoms with E-state index in [1.807, 2.05) is 13.0 Å². The molecule has 0 aliphatic carbocycles. The maximum Gasteiger partial charge on any atom is 0.331 e. The van der Waals surface area contributed by atoms with Gasteiger partial charge in [-0.25, -0.2) is 0 Å². The van der Waals surface area contributed by atoms with E-state index in [9.17, 15) is 12.3 Å². The van der Waals surface area contributed by atoms with Crippen LogP contribution in [0.2, 0.25) is 0 Å². The lowest BCUT2D eigenvalue weighted by molar-refractivity contribution is 0.350. The van der Waals surface area contributed by atoms with Crippen molar-refractivity contribution in [2.45, 2.75) is 6.92 Å². The minimum Gasteiger partial charge on any atom is -0.486 e. The highest BCUT2D eigenvalue weighted by molar-refractivity contribution is 9.10. The fourth-order valence-electron chi connectivity index (χ4n) is 1.51. The molecule has 0 unspecified atom stereocenters. The van der Waals surface area contributed by atoms with E-state index in [1.165, 1.54) is 6.08 Å². The molecular formula is C10H8BrFO3S. The normalized spacial score (nSPS) is 15.1. The molecule has 6 heteroatoms. The van der Waals surface area contributed by atoms with Crippen LogP contribution in [0, 0.1) is 6.92 Å². The predicted molar refractivity (Wildman–Crippen MR) is 62.4 cm³/mol. The summed E-state index contributed by atoms with van der Waals surface area (Å²) in [6, 6.07) is 3.59. The second kappa shape index (κ2) is 3.85. The van der Waals surface area contributed by atoms with Crippen molar-refractivity contribution in [2.24, 2.45) is 0 Å². The molecule has 0 saturated heterocycles. The summed E-state index contributed by atoms with van der Waals surface area (Å²) in [5.74, 6) is 0.540. The van der Waals surface area contributed by atoms with Crippen LogP contribution in [-0.4, -0.2) is 15.0 Å². The summed E-state index contributed by atoms with van der Waals surface area (Å²) < 4.78 is 40.2. The molecule has 0 amide bonds. The van der Waals surface area contributed by atoms with Gasteiger partial charge in [-0.1, -0.05) is 0 Å². The van der Waals surface area contributed by atoms with Gasteiger partial charge in [0.1, 0.15) is 17.3 Å². The molecule has 0 saturated carbocycles. The first kappa shape index (κ1) is 11.6. The van der Waals surface area contributed by atoms with Crippen LogP contribution < -0.4 is 4.74 Å². The number of fused-ring (bicyclic) bond motifs is 1. The van der Waals surface area contributed by atoms with E-state index in [2.05, 4.69) is 15.9 Å². The molecule has 1 aliphatic heterocycles. The van der Waals surface area contributed by atoms with Gasteiger partial charge < -0.3 is 4.74 Å². The molecular weight excluding hydrogens is 299 g/mol. The van der Waals surface area contributed by atoms with Crippen LogP contribution in [-0.2, 0) is 10.2 Å². The number of hydrogen-bond acceptors (Lipinski definition) is 3. The fourth-order valence-corrected chi connectivity index (χ4v) is 2.69. The molecule has 1 heterocycles. The van der Waals surface area contributed by atoms with Gasteiger partial charge in [-0.2, -0.15) is 8.42 Å². The van der Waals surface area contributed by atoms with Crippen LogP contribution in [0.15, 0.2) is 21.5 Å². The molecule has 0 aromatic heterocycles. The van der Waals surface area contributed by atoms with Crippen molar-refractivity contribution < 1.29 is 17.0 Å². The molecule has 86 valence electrons. The molecule has 1 aromatic rings. The molecule has 1 aromatic carbocycles. The van der Waals surface area contributed by atoms with Gasteiger partial charge in [0.15, 0.2) is 0 Å². The third kappa shape index (κ3) is 2.12. The van der Waals surface area contributed by atoms with Crippen LogP contribution in [0.25, 0.3) is 6.08 Å². The highest BCUT2D eigenvalue weighted by Gasteiger charge is 2.23. The molecule has 0 radical (unpaired) electrons. The van der Waals surface area contributed by atoms with Gasteiger partial charge in [-0.05, 0) is 46.6 Å². The molecule has 0 spiro atoms. The van der Waals surface area contributed by atoms with Crippen molar-refractivity contribution in [3.05, 3.63) is 32.6 Å². The zero-order valence-corrected chi connectivity index (χ0v) is 10.7. The smallest absolute Gasteiger partial charge is 0.331 e. The van der Waals surface area contributed by atoms with Crippen LogP contribution in [0.4, 0.5) is 3.89 Å². The van der Waals surface area contributed by atoms with Crippen molar-refractivity contribution >= 4 is 32.2 Å². The first-order valence-electron chi connectivity index (χ1n) is 4.46. The van der Waals surface area contributed by atoms with Gasteiger partial charge in [0.2, 0.25) is 0 Å². The van der Waals surface area contributed by atoms with Gasteiger partial charge in [0, 0.05) is 5.56 Å². The Morgan fingerprint density at radius 1 is 1.44 bits per heavy atom. The van der Waals surface area contributed by atoms with Gasteiger partial charge >= 0.3 is 10.2 Å². The standard InChI is InChI=1S/C10H8BrFO3S/c1-6-2-7-4-8(16(12,13)14)5-15-10(7)9(11)3-6/h2-4H,5H2,1H3. The predicted octanol–water partition coefficient (Wildman–Crippen LogP) is 2.79. The summed E-state index contributed by atoms with van der Waals surface area (Å²) in [5, 5.41) is 0. The van der Waals surface area contributed by atoms with E-state index in [0.29, 0.717) is 11.3 Å². The number of hydrogen-bond donors (Lipinski definition) is 0. The first-order chi connectivity index (χ1) is 7.38. The zero-order valence-electron chi connectivity index (χ0n) is 8.33. The third-order valence-electron chi connectivity index (χ3n) is 2.21. The van der Waals surface area contributed by atoms with E-state index in [4.69, 9.17) is 4.74 Å². The van der Waals surface area contributed by atoms with Crippen molar-refractivity contribution in [1.82, 2.24) is 0 Å². The van der Waals surface area contributed by atoms with E-state index < -0.39 is 10.2 Å². The molecule has 0 bridgehead atoms. The monoisotopic (exact) mass is 306 g/mol. The second-order valence-corrected chi connectivity index (χ2v) is 5.76. The maximum absolute atomic E-state index is 12.8. The van der Waals surface area contributed by atoms with Crippen LogP contribution in [0.1, 0.15) is 11.1 Å². The summed E-state index contributed by atoms with van der Waals surface area (Å²) in [6.45, 7) is 1.59. The second-order valence-electron chi connectivity index (χ2n) is 3.50. The lowest BCUT2D eigenvalue weighted by Crippen LogP contribution is -2.12. The van der Waals surface area contributed by atoms with E-state index in [-0.39, 0.29) is 11.5 Å². The molecule has 0 N–H and O–H groups in total. The SMILES string of the molecule is Cc1cc(Br)c2c(c1)C=C(S(=O)(=O)F)CO2. The van der Waals surface area contributed by atoms with Gasteiger partial charge in [0.05, 0.1) is 4.47 Å². The van der Waals surface area contributed by atoms with Crippen molar-refractivity contribution in [1.29, 1.82) is 0 Å². The zero-order chi connectivity index (χ0) is 11.9. The average Bonchev–Trinajstić information content (AvgIpc) is 2.15. The third-order valence-corrected chi connectivity index (χ3v) is 3.66. The van der Waals surface area contributed by atoms with Crippen molar-refractivity contribution in [2.75, 3.05) is 6.61 Å². The van der Waals surface area contributed by atoms with Gasteiger partial charge in [-0.3, -0.25) is 0 Å². The molecule has 16 heavy (non-hydrogen) atoms. The summed E-state index contributed by atoms with van der Waals surface area (Å²) in [6.07, 6.45) is 1.30. The minimum atomic E-state index is -4.67. The van der Waals surface area contributed by atoms with Crippen LogP contribution in [0.5, 0.6) is 5.75 Å². The molecule has 0 atom stereocenters. The number of aryl methyl sites for hydroxylation is 1. The lowest BCUT2D eigenvalue weighted by atomic mass is 10.1. The maximum atomic E-state index is 12.8. The van der Waals surface area contributed by atoms with Crippen LogP contribution in [0.3, 0.4) is 0 Å². The molecule has 0 fully saturated rings. The lowest BCUT2D eigenvalue weighted by Gasteiger charge is -2.17. The highest BCUT2D eigenvalue weighted by Crippen LogP contribution is 2.36. The Morgan fingerprint density at radius 3 is 2.75 bits per heavy atom. The Morgan fingerprint density at radius 2 is 2.12 bits per heavy atom. The Hall–Kier alpha value is -0.880. The van der Waals surface area contributed by atoms with E-state index >= 15 is 0 Å². The fraction of sp³-hybridized carbons (Fsp3) is 0.200. The Labute approximate surface area is 101 Å². The average molecular weight is 307 g/mol. The molecule has 2 rings (SSSR count). The minimum absolute atomic E-state index is 0.270. The summed E-state index contributed by atoms with van der Waals surface area (Å²) in [4.78, 5) is -0.350.